The van der Waals surface area contributed by atoms with Gasteiger partial charge in [-0.05, 0) is 43.5 Å². The van der Waals surface area contributed by atoms with Crippen molar-refractivity contribution >= 4 is 12.0 Å². The fraction of sp³-hybridized carbons (Fsp3) is 0.467. The molecule has 0 unspecified atom stereocenters. The van der Waals surface area contributed by atoms with Gasteiger partial charge in [0.1, 0.15) is 5.75 Å². The van der Waals surface area contributed by atoms with E-state index in [-0.39, 0.29) is 5.78 Å². The Balaban J connectivity index is 2.27. The summed E-state index contributed by atoms with van der Waals surface area (Å²) >= 11 is 0. The first-order chi connectivity index (χ1) is 9.13. The van der Waals surface area contributed by atoms with Crippen LogP contribution in [0.4, 0.5) is 0 Å². The van der Waals surface area contributed by atoms with E-state index in [9.17, 15) is 4.79 Å². The third kappa shape index (κ3) is 6.04. The first-order valence-corrected chi connectivity index (χ1v) is 6.50. The van der Waals surface area contributed by atoms with E-state index in [0.717, 1.165) is 30.6 Å². The van der Waals surface area contributed by atoms with Crippen LogP contribution in [0.3, 0.4) is 0 Å². The van der Waals surface area contributed by atoms with Gasteiger partial charge in [0.15, 0.2) is 5.78 Å². The van der Waals surface area contributed by atoms with Crippen molar-refractivity contribution in [2.75, 3.05) is 21.2 Å². The van der Waals surface area contributed by atoms with Crippen LogP contribution in [0.1, 0.15) is 36.0 Å². The van der Waals surface area contributed by atoms with Gasteiger partial charge in [-0.1, -0.05) is 0 Å². The number of unbranched alkanes of at least 4 members (excludes halogenated alkanes) is 2. The maximum absolute atomic E-state index is 11.9. The number of hydrazone groups is 1. The largest absolute Gasteiger partial charge is 0.497 e. The molecule has 0 aliphatic heterocycles. The second-order valence-electron chi connectivity index (χ2n) is 4.54. The maximum atomic E-state index is 11.9. The van der Waals surface area contributed by atoms with Crippen LogP contribution >= 0.6 is 0 Å². The zero-order valence-electron chi connectivity index (χ0n) is 11.9. The Morgan fingerprint density at radius 1 is 1.26 bits per heavy atom. The molecule has 0 heterocycles. The van der Waals surface area contributed by atoms with Gasteiger partial charge in [-0.25, -0.2) is 0 Å². The topological polar surface area (TPSA) is 41.9 Å². The van der Waals surface area contributed by atoms with Gasteiger partial charge in [-0.3, -0.25) is 4.79 Å². The van der Waals surface area contributed by atoms with E-state index in [1.807, 2.05) is 44.6 Å². The van der Waals surface area contributed by atoms with E-state index in [1.54, 1.807) is 12.1 Å². The number of ketones is 1. The SMILES string of the molecule is COc1ccc(C(=O)CCCC/C=N/N(C)C)cc1. The van der Waals surface area contributed by atoms with Gasteiger partial charge < -0.3 is 9.75 Å². The second-order valence-corrected chi connectivity index (χ2v) is 4.54. The third-order valence-corrected chi connectivity index (χ3v) is 2.71. The quantitative estimate of drug-likeness (QED) is 0.313. The zero-order chi connectivity index (χ0) is 14.1. The van der Waals surface area contributed by atoms with Crippen LogP contribution in [0.5, 0.6) is 5.75 Å². The Bertz CT molecular complexity index is 411. The van der Waals surface area contributed by atoms with E-state index in [1.165, 1.54) is 0 Å². The molecule has 1 aromatic carbocycles. The molecular formula is C15H22N2O2. The molecule has 0 radical (unpaired) electrons. The molecule has 19 heavy (non-hydrogen) atoms. The van der Waals surface area contributed by atoms with Gasteiger partial charge in [0, 0.05) is 32.3 Å². The number of hydrogen-bond donors (Lipinski definition) is 0. The van der Waals surface area contributed by atoms with Crippen molar-refractivity contribution in [3.05, 3.63) is 29.8 Å². The van der Waals surface area contributed by atoms with Crippen molar-refractivity contribution in [2.24, 2.45) is 5.10 Å². The molecule has 4 nitrogen and oxygen atoms in total. The minimum atomic E-state index is 0.187. The maximum Gasteiger partial charge on any atom is 0.162 e. The molecule has 0 aromatic heterocycles. The van der Waals surface area contributed by atoms with Crippen molar-refractivity contribution in [3.63, 3.8) is 0 Å². The Kier molecular flexibility index (Phi) is 6.64. The van der Waals surface area contributed by atoms with Crippen LogP contribution in [0.25, 0.3) is 0 Å². The number of Topliss-reactive ketones (excluding diaryl/α,β-unsaturated/α-hetero) is 1. The van der Waals surface area contributed by atoms with Gasteiger partial charge in [0.2, 0.25) is 0 Å². The lowest BCUT2D eigenvalue weighted by Gasteiger charge is -2.03. The third-order valence-electron chi connectivity index (χ3n) is 2.71. The van der Waals surface area contributed by atoms with E-state index in [0.29, 0.717) is 6.42 Å². The molecule has 1 aromatic rings. The second kappa shape index (κ2) is 8.29. The molecule has 0 bridgehead atoms. The summed E-state index contributed by atoms with van der Waals surface area (Å²) in [6.07, 6.45) is 5.26. The highest BCUT2D eigenvalue weighted by atomic mass is 16.5. The predicted molar refractivity (Wildman–Crippen MR) is 78.0 cm³/mol. The number of benzene rings is 1. The highest BCUT2D eigenvalue weighted by molar-refractivity contribution is 5.96. The molecule has 0 fully saturated rings. The lowest BCUT2D eigenvalue weighted by Crippen LogP contribution is -2.02. The average molecular weight is 262 g/mol. The smallest absolute Gasteiger partial charge is 0.162 e. The van der Waals surface area contributed by atoms with Crippen LogP contribution in [-0.2, 0) is 0 Å². The molecule has 1 rings (SSSR count). The van der Waals surface area contributed by atoms with Crippen molar-refractivity contribution in [3.8, 4) is 5.75 Å². The summed E-state index contributed by atoms with van der Waals surface area (Å²) in [7, 11) is 5.40. The summed E-state index contributed by atoms with van der Waals surface area (Å²) in [4.78, 5) is 11.9. The molecule has 0 amide bonds. The average Bonchev–Trinajstić information content (AvgIpc) is 2.42. The standard InChI is InChI=1S/C15H22N2O2/c1-17(2)16-12-6-4-5-7-15(18)13-8-10-14(19-3)11-9-13/h8-12H,4-7H2,1-3H3/b16-12+. The van der Waals surface area contributed by atoms with Crippen LogP contribution in [0, 0.1) is 0 Å². The van der Waals surface area contributed by atoms with Gasteiger partial charge in [-0.2, -0.15) is 5.10 Å². The Labute approximate surface area is 115 Å². The fourth-order valence-corrected chi connectivity index (χ4v) is 1.66. The number of ether oxygens (including phenoxy) is 1. The number of rotatable bonds is 8. The number of carbonyl (C=O) groups is 1. The first kappa shape index (κ1) is 15.2. The highest BCUT2D eigenvalue weighted by Gasteiger charge is 2.05. The Morgan fingerprint density at radius 3 is 2.53 bits per heavy atom. The number of nitrogens with zero attached hydrogens (tertiary/aromatic N) is 2. The molecule has 0 atom stereocenters. The molecule has 0 N–H and O–H groups in total. The molecule has 0 aliphatic carbocycles. The van der Waals surface area contributed by atoms with Crippen LogP contribution in [-0.4, -0.2) is 38.2 Å². The van der Waals surface area contributed by atoms with Gasteiger partial charge in [0.05, 0.1) is 7.11 Å². The number of carbonyl (C=O) groups excluding carboxylic acids is 1. The monoisotopic (exact) mass is 262 g/mol. The normalized spacial score (nSPS) is 10.7. The van der Waals surface area contributed by atoms with Gasteiger partial charge in [0.25, 0.3) is 0 Å². The lowest BCUT2D eigenvalue weighted by molar-refractivity contribution is 0.0979. The van der Waals surface area contributed by atoms with Gasteiger partial charge in [-0.15, -0.1) is 0 Å². The molecular weight excluding hydrogens is 240 g/mol. The molecule has 104 valence electrons. The Morgan fingerprint density at radius 2 is 1.95 bits per heavy atom. The van der Waals surface area contributed by atoms with Crippen molar-refractivity contribution < 1.29 is 9.53 Å². The zero-order valence-corrected chi connectivity index (χ0v) is 11.9. The fourth-order valence-electron chi connectivity index (χ4n) is 1.66. The highest BCUT2D eigenvalue weighted by Crippen LogP contribution is 2.14. The molecule has 0 aliphatic rings. The van der Waals surface area contributed by atoms with E-state index in [2.05, 4.69) is 5.10 Å². The van der Waals surface area contributed by atoms with Crippen LogP contribution in [0.15, 0.2) is 29.4 Å². The molecule has 0 spiro atoms. The first-order valence-electron chi connectivity index (χ1n) is 6.50. The van der Waals surface area contributed by atoms with Gasteiger partial charge >= 0.3 is 0 Å². The summed E-state index contributed by atoms with van der Waals surface area (Å²) in [5.41, 5.74) is 0.753. The summed E-state index contributed by atoms with van der Waals surface area (Å²) in [5, 5.41) is 5.89. The van der Waals surface area contributed by atoms with Crippen molar-refractivity contribution in [1.82, 2.24) is 5.01 Å². The summed E-state index contributed by atoms with van der Waals surface area (Å²) in [6, 6.07) is 7.26. The summed E-state index contributed by atoms with van der Waals surface area (Å²) in [5.74, 6) is 0.962. The molecule has 4 heteroatoms. The Hall–Kier alpha value is -1.84. The minimum absolute atomic E-state index is 0.187. The minimum Gasteiger partial charge on any atom is -0.497 e. The lowest BCUT2D eigenvalue weighted by atomic mass is 10.0. The van der Waals surface area contributed by atoms with Crippen molar-refractivity contribution in [1.29, 1.82) is 0 Å². The number of hydrogen-bond acceptors (Lipinski definition) is 4. The molecule has 0 saturated carbocycles. The van der Waals surface area contributed by atoms with Crippen LogP contribution < -0.4 is 4.74 Å². The number of methoxy groups -OCH3 is 1. The van der Waals surface area contributed by atoms with E-state index < -0.39 is 0 Å². The predicted octanol–water partition coefficient (Wildman–Crippen LogP) is 2.99. The molecule has 0 saturated heterocycles. The van der Waals surface area contributed by atoms with E-state index >= 15 is 0 Å². The van der Waals surface area contributed by atoms with E-state index in [4.69, 9.17) is 4.74 Å². The van der Waals surface area contributed by atoms with Crippen LogP contribution in [0.2, 0.25) is 0 Å². The summed E-state index contributed by atoms with van der Waals surface area (Å²) in [6.45, 7) is 0. The van der Waals surface area contributed by atoms with Crippen molar-refractivity contribution in [2.45, 2.75) is 25.7 Å². The summed E-state index contributed by atoms with van der Waals surface area (Å²) < 4.78 is 5.06.